The van der Waals surface area contributed by atoms with Gasteiger partial charge in [0.05, 0.1) is 10.0 Å². The zero-order valence-corrected chi connectivity index (χ0v) is 16.7. The average Bonchev–Trinajstić information content (AvgIpc) is 2.73. The van der Waals surface area contributed by atoms with Gasteiger partial charge in [0, 0.05) is 28.9 Å². The van der Waals surface area contributed by atoms with Crippen molar-refractivity contribution in [3.05, 3.63) is 94.6 Å². The van der Waals surface area contributed by atoms with Gasteiger partial charge in [0.15, 0.2) is 0 Å². The van der Waals surface area contributed by atoms with Gasteiger partial charge in [-0.2, -0.15) is 5.26 Å². The van der Waals surface area contributed by atoms with Crippen LogP contribution in [0.25, 0.3) is 0 Å². The van der Waals surface area contributed by atoms with Gasteiger partial charge in [-0.15, -0.1) is 0 Å². The molecule has 0 aliphatic carbocycles. The predicted molar refractivity (Wildman–Crippen MR) is 118 cm³/mol. The molecule has 1 amide bonds. The fourth-order valence-electron chi connectivity index (χ4n) is 2.56. The Kier molecular flexibility index (Phi) is 6.40. The molecular formula is C22H16Cl2N4O. The largest absolute Gasteiger partial charge is 0.399 e. The molecule has 7 heteroatoms. The van der Waals surface area contributed by atoms with E-state index in [2.05, 4.69) is 5.32 Å². The van der Waals surface area contributed by atoms with Crippen LogP contribution in [0.2, 0.25) is 10.0 Å². The van der Waals surface area contributed by atoms with Crippen LogP contribution in [-0.4, -0.2) is 5.91 Å². The molecule has 0 spiro atoms. The lowest BCUT2D eigenvalue weighted by Crippen LogP contribution is -2.18. The molecule has 0 saturated heterocycles. The van der Waals surface area contributed by atoms with Crippen LogP contribution >= 0.6 is 23.2 Å². The minimum atomic E-state index is -0.567. The Morgan fingerprint density at radius 1 is 0.966 bits per heavy atom. The lowest BCUT2D eigenvalue weighted by atomic mass is 10.2. The van der Waals surface area contributed by atoms with Gasteiger partial charge >= 0.3 is 0 Å². The SMILES string of the molecule is N#C/C(=C/N(c1ccccc1)c1ccc(N)cc1)C(=O)Nc1ccc(Cl)c(Cl)c1. The summed E-state index contributed by atoms with van der Waals surface area (Å²) in [4.78, 5) is 14.4. The van der Waals surface area contributed by atoms with E-state index in [1.165, 1.54) is 12.3 Å². The molecule has 3 aromatic rings. The summed E-state index contributed by atoms with van der Waals surface area (Å²) < 4.78 is 0. The molecule has 0 bridgehead atoms. The molecule has 5 nitrogen and oxygen atoms in total. The molecule has 0 aromatic heterocycles. The second-order valence-electron chi connectivity index (χ2n) is 6.03. The summed E-state index contributed by atoms with van der Waals surface area (Å²) in [6.07, 6.45) is 1.48. The third-order valence-corrected chi connectivity index (χ3v) is 4.75. The van der Waals surface area contributed by atoms with E-state index in [-0.39, 0.29) is 5.57 Å². The number of benzene rings is 3. The molecule has 0 heterocycles. The number of anilines is 4. The van der Waals surface area contributed by atoms with Crippen molar-refractivity contribution < 1.29 is 4.79 Å². The highest BCUT2D eigenvalue weighted by Gasteiger charge is 2.15. The van der Waals surface area contributed by atoms with Crippen LogP contribution in [0, 0.1) is 11.3 Å². The fraction of sp³-hybridized carbons (Fsp3) is 0. The van der Waals surface area contributed by atoms with Gasteiger partial charge in [-0.25, -0.2) is 0 Å². The molecule has 0 unspecified atom stereocenters. The van der Waals surface area contributed by atoms with Crippen molar-refractivity contribution in [1.29, 1.82) is 5.26 Å². The van der Waals surface area contributed by atoms with Gasteiger partial charge in [0.2, 0.25) is 0 Å². The molecule has 0 aliphatic heterocycles. The number of nitrogens with zero attached hydrogens (tertiary/aromatic N) is 2. The molecule has 0 saturated carbocycles. The number of halogens is 2. The van der Waals surface area contributed by atoms with Crippen LogP contribution < -0.4 is 16.0 Å². The van der Waals surface area contributed by atoms with Gasteiger partial charge in [0.25, 0.3) is 5.91 Å². The Bertz CT molecular complexity index is 1090. The number of rotatable bonds is 5. The van der Waals surface area contributed by atoms with Crippen molar-refractivity contribution in [3.63, 3.8) is 0 Å². The summed E-state index contributed by atoms with van der Waals surface area (Å²) in [7, 11) is 0. The van der Waals surface area contributed by atoms with Gasteiger partial charge in [-0.05, 0) is 54.6 Å². The minimum absolute atomic E-state index is 0.0863. The normalized spacial score (nSPS) is 10.9. The number of hydrogen-bond donors (Lipinski definition) is 2. The van der Waals surface area contributed by atoms with E-state index in [1.54, 1.807) is 29.2 Å². The molecular weight excluding hydrogens is 407 g/mol. The van der Waals surface area contributed by atoms with E-state index in [9.17, 15) is 10.1 Å². The number of carbonyl (C=O) groups is 1. The number of nitrogens with two attached hydrogens (primary N) is 1. The Morgan fingerprint density at radius 3 is 2.24 bits per heavy atom. The third-order valence-electron chi connectivity index (χ3n) is 4.01. The first-order chi connectivity index (χ1) is 14.0. The number of nitrogen functional groups attached to an aromatic ring is 1. The topological polar surface area (TPSA) is 82.2 Å². The van der Waals surface area contributed by atoms with E-state index in [1.807, 2.05) is 48.5 Å². The van der Waals surface area contributed by atoms with Crippen LogP contribution in [0.5, 0.6) is 0 Å². The second-order valence-corrected chi connectivity index (χ2v) is 6.85. The quantitative estimate of drug-likeness (QED) is 0.311. The van der Waals surface area contributed by atoms with E-state index >= 15 is 0 Å². The van der Waals surface area contributed by atoms with Crippen LogP contribution in [0.4, 0.5) is 22.7 Å². The molecule has 29 heavy (non-hydrogen) atoms. The highest BCUT2D eigenvalue weighted by atomic mass is 35.5. The summed E-state index contributed by atoms with van der Waals surface area (Å²) >= 11 is 11.9. The second kappa shape index (κ2) is 9.16. The zero-order valence-electron chi connectivity index (χ0n) is 15.1. The van der Waals surface area contributed by atoms with E-state index in [4.69, 9.17) is 28.9 Å². The van der Waals surface area contributed by atoms with Crippen molar-refractivity contribution in [2.75, 3.05) is 16.0 Å². The molecule has 3 N–H and O–H groups in total. The number of hydrogen-bond acceptors (Lipinski definition) is 4. The Balaban J connectivity index is 1.95. The Morgan fingerprint density at radius 2 is 1.62 bits per heavy atom. The van der Waals surface area contributed by atoms with Crippen molar-refractivity contribution in [1.82, 2.24) is 0 Å². The van der Waals surface area contributed by atoms with Gasteiger partial charge in [0.1, 0.15) is 11.6 Å². The zero-order chi connectivity index (χ0) is 20.8. The first-order valence-corrected chi connectivity index (χ1v) is 9.31. The molecule has 0 aliphatic rings. The van der Waals surface area contributed by atoms with E-state index < -0.39 is 5.91 Å². The first-order valence-electron chi connectivity index (χ1n) is 8.56. The smallest absolute Gasteiger partial charge is 0.267 e. The van der Waals surface area contributed by atoms with E-state index in [0.29, 0.717) is 21.4 Å². The van der Waals surface area contributed by atoms with Gasteiger partial charge in [-0.3, -0.25) is 4.79 Å². The highest BCUT2D eigenvalue weighted by molar-refractivity contribution is 6.42. The average molecular weight is 423 g/mol. The van der Waals surface area contributed by atoms with Crippen molar-refractivity contribution in [2.45, 2.75) is 0 Å². The molecule has 0 atom stereocenters. The highest BCUT2D eigenvalue weighted by Crippen LogP contribution is 2.28. The van der Waals surface area contributed by atoms with Crippen LogP contribution in [0.3, 0.4) is 0 Å². The van der Waals surface area contributed by atoms with Crippen molar-refractivity contribution in [2.24, 2.45) is 0 Å². The number of amides is 1. The van der Waals surface area contributed by atoms with Crippen LogP contribution in [-0.2, 0) is 4.79 Å². The van der Waals surface area contributed by atoms with Crippen LogP contribution in [0.15, 0.2) is 84.6 Å². The maximum atomic E-state index is 12.7. The van der Waals surface area contributed by atoms with Crippen molar-refractivity contribution in [3.8, 4) is 6.07 Å². The summed E-state index contributed by atoms with van der Waals surface area (Å²) in [5, 5.41) is 12.9. The monoisotopic (exact) mass is 422 g/mol. The molecule has 3 rings (SSSR count). The lowest BCUT2D eigenvalue weighted by Gasteiger charge is -2.21. The maximum absolute atomic E-state index is 12.7. The summed E-state index contributed by atoms with van der Waals surface area (Å²) in [5.74, 6) is -0.567. The summed E-state index contributed by atoms with van der Waals surface area (Å²) in [6.45, 7) is 0. The van der Waals surface area contributed by atoms with E-state index in [0.717, 1.165) is 11.4 Å². The first kappa shape index (κ1) is 20.3. The third kappa shape index (κ3) is 5.08. The maximum Gasteiger partial charge on any atom is 0.267 e. The number of nitriles is 1. The molecule has 0 fully saturated rings. The standard InChI is InChI=1S/C22H16Cl2N4O/c23-20-11-8-17(12-21(20)24)27-22(29)15(13-25)14-28(18-4-2-1-3-5-18)19-9-6-16(26)7-10-19/h1-12,14H,26H2,(H,27,29)/b15-14-. The molecule has 3 aromatic carbocycles. The number of para-hydroxylation sites is 1. The fourth-order valence-corrected chi connectivity index (χ4v) is 2.86. The summed E-state index contributed by atoms with van der Waals surface area (Å²) in [5.41, 5.74) is 8.28. The Labute approximate surface area is 178 Å². The Hall–Kier alpha value is -3.46. The van der Waals surface area contributed by atoms with Crippen molar-refractivity contribution >= 4 is 51.9 Å². The van der Waals surface area contributed by atoms with Crippen LogP contribution in [0.1, 0.15) is 0 Å². The lowest BCUT2D eigenvalue weighted by molar-refractivity contribution is -0.112. The number of carbonyl (C=O) groups excluding carboxylic acids is 1. The molecule has 0 radical (unpaired) electrons. The summed E-state index contributed by atoms with van der Waals surface area (Å²) in [6, 6.07) is 23.1. The predicted octanol–water partition coefficient (Wildman–Crippen LogP) is 5.76. The molecule has 144 valence electrons. The van der Waals surface area contributed by atoms with Gasteiger partial charge in [-0.1, -0.05) is 41.4 Å². The number of nitrogens with one attached hydrogen (secondary N) is 1. The van der Waals surface area contributed by atoms with Gasteiger partial charge < -0.3 is 16.0 Å². The minimum Gasteiger partial charge on any atom is -0.399 e.